The number of carboxylic acid groups (broad SMARTS) is 1. The van der Waals surface area contributed by atoms with Crippen LogP contribution >= 0.6 is 35.3 Å². The molecule has 2 amide bonds. The first kappa shape index (κ1) is 22.0. The molecule has 3 unspecified atom stereocenters. The van der Waals surface area contributed by atoms with Gasteiger partial charge in [0.15, 0.2) is 0 Å². The lowest BCUT2D eigenvalue weighted by atomic mass is 9.84. The average Bonchev–Trinajstić information content (AvgIpc) is 3.45. The Bertz CT molecular complexity index is 958. The summed E-state index contributed by atoms with van der Waals surface area (Å²) in [5, 5.41) is 23.2. The number of nitrogens with one attached hydrogen (secondary N) is 1. The number of carbonyl (C=O) groups is 3. The number of aromatic nitrogens is 4. The number of hydrogen-bond acceptors (Lipinski definition) is 10. The standard InChI is InChI=1S/C17H20N6O5S3/c1-9(31-16-18-20-21-19-16)17(15(26)27)7-22-13(25)12(14(22)30-8-17)23(10(24)6-29-2)11-4-3-5-28-11/h3-5,9,12,14H,6-8H2,1-2H3,(H,26,27)(H,18,19,20,21)/t9?,12?,14-,17?/m1/s1. The number of aromatic amines is 1. The van der Waals surface area contributed by atoms with Crippen LogP contribution in [0.3, 0.4) is 0 Å². The second kappa shape index (κ2) is 8.74. The predicted molar refractivity (Wildman–Crippen MR) is 116 cm³/mol. The Morgan fingerprint density at radius 1 is 1.55 bits per heavy atom. The van der Waals surface area contributed by atoms with Gasteiger partial charge in [-0.3, -0.25) is 19.3 Å². The van der Waals surface area contributed by atoms with Crippen molar-refractivity contribution in [3.8, 4) is 0 Å². The number of fused-ring (bicyclic) bond motifs is 1. The lowest BCUT2D eigenvalue weighted by molar-refractivity contribution is -0.157. The summed E-state index contributed by atoms with van der Waals surface area (Å²) in [5.74, 6) is -0.686. The molecule has 166 valence electrons. The van der Waals surface area contributed by atoms with Gasteiger partial charge in [0.25, 0.3) is 0 Å². The maximum absolute atomic E-state index is 13.1. The van der Waals surface area contributed by atoms with Crippen LogP contribution in [0.1, 0.15) is 6.92 Å². The molecule has 4 rings (SSSR count). The fourth-order valence-corrected chi connectivity index (χ4v) is 6.92. The second-order valence-corrected chi connectivity index (χ2v) is 10.5. The molecule has 2 aromatic rings. The molecule has 0 saturated carbocycles. The van der Waals surface area contributed by atoms with Gasteiger partial charge in [0.2, 0.25) is 22.9 Å². The number of thioether (sulfide) groups is 3. The number of amides is 2. The summed E-state index contributed by atoms with van der Waals surface area (Å²) in [7, 11) is 0. The van der Waals surface area contributed by atoms with E-state index in [0.29, 0.717) is 11.0 Å². The Kier molecular flexibility index (Phi) is 6.21. The number of nitrogens with zero attached hydrogens (tertiary/aromatic N) is 5. The highest BCUT2D eigenvalue weighted by Gasteiger charge is 2.61. The first-order valence-electron chi connectivity index (χ1n) is 9.29. The third-order valence-electron chi connectivity index (χ3n) is 5.45. The number of carbonyl (C=O) groups excluding carboxylic acids is 2. The molecule has 2 aromatic heterocycles. The van der Waals surface area contributed by atoms with Crippen LogP contribution < -0.4 is 4.90 Å². The molecule has 4 heterocycles. The minimum absolute atomic E-state index is 0.0494. The van der Waals surface area contributed by atoms with Crippen LogP contribution in [-0.2, 0) is 14.4 Å². The van der Waals surface area contributed by atoms with Gasteiger partial charge in [-0.15, -0.1) is 16.9 Å². The number of hydrogen-bond donors (Lipinski definition) is 2. The van der Waals surface area contributed by atoms with Crippen LogP contribution in [0.2, 0.25) is 0 Å². The van der Waals surface area contributed by atoms with Gasteiger partial charge in [0, 0.05) is 23.6 Å². The number of β-lactam (4-membered cyclic amide) rings is 1. The molecule has 11 nitrogen and oxygen atoms in total. The van der Waals surface area contributed by atoms with Crippen LogP contribution in [0, 0.1) is 5.41 Å². The minimum atomic E-state index is -1.18. The van der Waals surface area contributed by atoms with E-state index in [1.165, 1.54) is 46.4 Å². The Labute approximate surface area is 190 Å². The van der Waals surface area contributed by atoms with Crippen molar-refractivity contribution in [2.45, 2.75) is 28.7 Å². The van der Waals surface area contributed by atoms with Gasteiger partial charge in [0.05, 0.1) is 12.0 Å². The molecule has 31 heavy (non-hydrogen) atoms. The summed E-state index contributed by atoms with van der Waals surface area (Å²) >= 11 is 3.95. The van der Waals surface area contributed by atoms with E-state index in [1.54, 1.807) is 24.0 Å². The van der Waals surface area contributed by atoms with E-state index in [0.717, 1.165) is 0 Å². The highest BCUT2D eigenvalue weighted by Crippen LogP contribution is 2.49. The highest BCUT2D eigenvalue weighted by atomic mass is 32.2. The summed E-state index contributed by atoms with van der Waals surface area (Å²) in [5.41, 5.74) is -1.18. The van der Waals surface area contributed by atoms with Gasteiger partial charge in [-0.05, 0) is 22.7 Å². The van der Waals surface area contributed by atoms with Crippen molar-refractivity contribution in [1.29, 1.82) is 0 Å². The predicted octanol–water partition coefficient (Wildman–Crippen LogP) is 1.02. The van der Waals surface area contributed by atoms with Gasteiger partial charge in [0.1, 0.15) is 16.8 Å². The smallest absolute Gasteiger partial charge is 0.313 e. The molecule has 0 radical (unpaired) electrons. The molecule has 0 spiro atoms. The third-order valence-corrected chi connectivity index (χ3v) is 8.73. The molecule has 2 N–H and O–H groups in total. The Morgan fingerprint density at radius 2 is 2.35 bits per heavy atom. The topological polar surface area (TPSA) is 146 Å². The highest BCUT2D eigenvalue weighted by molar-refractivity contribution is 8.01. The van der Waals surface area contributed by atoms with Crippen LogP contribution in [0.15, 0.2) is 28.0 Å². The molecule has 2 saturated heterocycles. The van der Waals surface area contributed by atoms with Crippen molar-refractivity contribution in [1.82, 2.24) is 25.5 Å². The molecule has 2 aliphatic rings. The molecule has 2 aliphatic heterocycles. The van der Waals surface area contributed by atoms with E-state index in [-0.39, 0.29) is 35.2 Å². The van der Waals surface area contributed by atoms with Crippen molar-refractivity contribution in [3.63, 3.8) is 0 Å². The van der Waals surface area contributed by atoms with E-state index < -0.39 is 22.7 Å². The molecule has 0 aliphatic carbocycles. The van der Waals surface area contributed by atoms with Gasteiger partial charge >= 0.3 is 5.97 Å². The summed E-state index contributed by atoms with van der Waals surface area (Å²) in [4.78, 5) is 41.2. The quantitative estimate of drug-likeness (QED) is 0.409. The number of anilines is 1. The number of H-pyrrole nitrogens is 1. The van der Waals surface area contributed by atoms with Crippen molar-refractivity contribution >= 4 is 59.0 Å². The monoisotopic (exact) mass is 484 g/mol. The SMILES string of the molecule is CSCC(=O)N(c1ccco1)C1C(=O)N2CC(C(=O)O)(C(C)Sc3nnn[nH]3)CS[C@H]12. The van der Waals surface area contributed by atoms with Crippen LogP contribution in [0.4, 0.5) is 5.88 Å². The largest absolute Gasteiger partial charge is 0.481 e. The summed E-state index contributed by atoms with van der Waals surface area (Å²) < 4.78 is 5.42. The molecule has 0 bridgehead atoms. The zero-order valence-corrected chi connectivity index (χ0v) is 19.1. The van der Waals surface area contributed by atoms with Crippen molar-refractivity contribution in [2.75, 3.05) is 29.2 Å². The van der Waals surface area contributed by atoms with E-state index in [1.807, 2.05) is 6.26 Å². The van der Waals surface area contributed by atoms with E-state index in [4.69, 9.17) is 4.42 Å². The molecule has 14 heteroatoms. The maximum atomic E-state index is 13.1. The molecule has 2 fully saturated rings. The first-order chi connectivity index (χ1) is 14.9. The van der Waals surface area contributed by atoms with Gasteiger partial charge in [-0.25, -0.2) is 5.10 Å². The summed E-state index contributed by atoms with van der Waals surface area (Å²) in [6.45, 7) is 1.84. The molecule has 0 aromatic carbocycles. The number of furan rings is 1. The van der Waals surface area contributed by atoms with Crippen molar-refractivity contribution in [3.05, 3.63) is 18.4 Å². The average molecular weight is 485 g/mol. The van der Waals surface area contributed by atoms with Gasteiger partial charge in [-0.2, -0.15) is 11.8 Å². The zero-order valence-electron chi connectivity index (χ0n) is 16.6. The Balaban J connectivity index is 1.55. The number of rotatable bonds is 8. The fraction of sp³-hybridized carbons (Fsp3) is 0.529. The summed E-state index contributed by atoms with van der Waals surface area (Å²) in [6.07, 6.45) is 3.27. The van der Waals surface area contributed by atoms with Crippen molar-refractivity contribution in [2.24, 2.45) is 5.41 Å². The Morgan fingerprint density at radius 3 is 2.97 bits per heavy atom. The molecule has 4 atom stereocenters. The van der Waals surface area contributed by atoms with Gasteiger partial charge < -0.3 is 14.4 Å². The Hall–Kier alpha value is -2.19. The van der Waals surface area contributed by atoms with E-state index in [2.05, 4.69) is 20.6 Å². The zero-order chi connectivity index (χ0) is 22.2. The van der Waals surface area contributed by atoms with Crippen LogP contribution in [0.25, 0.3) is 0 Å². The number of tetrazole rings is 1. The fourth-order valence-electron chi connectivity index (χ4n) is 3.72. The lowest BCUT2D eigenvalue weighted by Gasteiger charge is -2.56. The van der Waals surface area contributed by atoms with E-state index >= 15 is 0 Å². The van der Waals surface area contributed by atoms with Crippen LogP contribution in [-0.4, -0.2) is 89.4 Å². The van der Waals surface area contributed by atoms with E-state index in [9.17, 15) is 19.5 Å². The number of aliphatic carboxylic acids is 1. The van der Waals surface area contributed by atoms with Crippen molar-refractivity contribution < 1.29 is 23.9 Å². The molecular weight excluding hydrogens is 464 g/mol. The normalized spacial score (nSPS) is 26.1. The first-order valence-corrected chi connectivity index (χ1v) is 12.6. The number of carboxylic acids is 1. The second-order valence-electron chi connectivity index (χ2n) is 7.19. The van der Waals surface area contributed by atoms with Crippen LogP contribution in [0.5, 0.6) is 0 Å². The van der Waals surface area contributed by atoms with Gasteiger partial charge in [-0.1, -0.05) is 18.7 Å². The summed E-state index contributed by atoms with van der Waals surface area (Å²) in [6, 6.07) is 2.59. The lowest BCUT2D eigenvalue weighted by Crippen LogP contribution is -2.75. The maximum Gasteiger partial charge on any atom is 0.313 e. The molecular formula is C17H20N6O5S3. The minimum Gasteiger partial charge on any atom is -0.481 e. The third kappa shape index (κ3) is 3.80.